The Kier molecular flexibility index (Phi) is 4.18. The molecule has 0 bridgehead atoms. The van der Waals surface area contributed by atoms with E-state index in [1.54, 1.807) is 17.0 Å². The molecule has 0 saturated carbocycles. The molecule has 0 radical (unpaired) electrons. The maximum absolute atomic E-state index is 13.1. The van der Waals surface area contributed by atoms with E-state index in [4.69, 9.17) is 16.3 Å². The van der Waals surface area contributed by atoms with Gasteiger partial charge in [0.25, 0.3) is 0 Å². The van der Waals surface area contributed by atoms with E-state index < -0.39 is 5.41 Å². The molecule has 1 amide bonds. The van der Waals surface area contributed by atoms with Gasteiger partial charge in [-0.25, -0.2) is 0 Å². The van der Waals surface area contributed by atoms with Crippen molar-refractivity contribution in [3.8, 4) is 11.5 Å². The number of carbonyl (C=O) groups is 1. The van der Waals surface area contributed by atoms with E-state index in [2.05, 4.69) is 0 Å². The molecule has 5 heteroatoms. The second-order valence-electron chi connectivity index (χ2n) is 6.19. The summed E-state index contributed by atoms with van der Waals surface area (Å²) in [6.45, 7) is 4.44. The van der Waals surface area contributed by atoms with Gasteiger partial charge >= 0.3 is 0 Å². The quantitative estimate of drug-likeness (QED) is 0.913. The van der Waals surface area contributed by atoms with Gasteiger partial charge in [-0.1, -0.05) is 23.7 Å². The Morgan fingerprint density at radius 1 is 1.29 bits per heavy atom. The number of halogens is 1. The number of amides is 1. The highest BCUT2D eigenvalue weighted by molar-refractivity contribution is 6.31. The Morgan fingerprint density at radius 3 is 2.71 bits per heavy atom. The average molecular weight is 346 g/mol. The molecular weight excluding hydrogens is 326 g/mol. The molecule has 0 aliphatic carbocycles. The van der Waals surface area contributed by atoms with Crippen LogP contribution in [0.15, 0.2) is 36.4 Å². The molecular formula is C19H20ClNO3. The van der Waals surface area contributed by atoms with E-state index in [0.717, 1.165) is 11.3 Å². The molecule has 1 aliphatic rings. The number of benzene rings is 2. The zero-order valence-corrected chi connectivity index (χ0v) is 14.7. The first kappa shape index (κ1) is 16.7. The number of likely N-dealkylation sites (N-methyl/N-ethyl adjacent to an activating group) is 1. The second kappa shape index (κ2) is 6.02. The summed E-state index contributed by atoms with van der Waals surface area (Å²) in [4.78, 5) is 14.8. The van der Waals surface area contributed by atoms with Crippen LogP contribution in [0.1, 0.15) is 25.0 Å². The number of rotatable bonds is 4. The zero-order valence-electron chi connectivity index (χ0n) is 14.0. The smallest absolute Gasteiger partial charge is 0.237 e. The van der Waals surface area contributed by atoms with Crippen LogP contribution in [0.3, 0.4) is 0 Å². The van der Waals surface area contributed by atoms with Crippen LogP contribution in [0, 0.1) is 0 Å². The van der Waals surface area contributed by atoms with Gasteiger partial charge in [0, 0.05) is 17.3 Å². The number of fused-ring (bicyclic) bond motifs is 1. The molecule has 2 aromatic rings. The first-order chi connectivity index (χ1) is 11.4. The van der Waals surface area contributed by atoms with E-state index in [1.807, 2.05) is 38.1 Å². The van der Waals surface area contributed by atoms with Gasteiger partial charge in [0.2, 0.25) is 5.91 Å². The van der Waals surface area contributed by atoms with Crippen molar-refractivity contribution in [3.63, 3.8) is 0 Å². The number of ether oxygens (including phenoxy) is 1. The van der Waals surface area contributed by atoms with E-state index >= 15 is 0 Å². The summed E-state index contributed by atoms with van der Waals surface area (Å²) in [5.41, 5.74) is 1.68. The van der Waals surface area contributed by atoms with Gasteiger partial charge in [-0.2, -0.15) is 0 Å². The maximum Gasteiger partial charge on any atom is 0.237 e. The molecule has 4 nitrogen and oxygen atoms in total. The normalized spacial score (nSPS) is 19.5. The minimum atomic E-state index is -0.778. The molecule has 0 saturated heterocycles. The molecule has 0 aromatic heterocycles. The Balaban J connectivity index is 2.10. The third-order valence-electron chi connectivity index (χ3n) is 4.72. The molecule has 0 spiro atoms. The van der Waals surface area contributed by atoms with Gasteiger partial charge < -0.3 is 14.7 Å². The molecule has 24 heavy (non-hydrogen) atoms. The predicted molar refractivity (Wildman–Crippen MR) is 95.2 cm³/mol. The number of hydrogen-bond donors (Lipinski definition) is 1. The van der Waals surface area contributed by atoms with Crippen LogP contribution in [0.25, 0.3) is 0 Å². The molecule has 1 aliphatic heterocycles. The van der Waals surface area contributed by atoms with Crippen LogP contribution in [-0.4, -0.2) is 24.7 Å². The molecule has 0 fully saturated rings. The monoisotopic (exact) mass is 345 g/mol. The minimum absolute atomic E-state index is 0.0180. The van der Waals surface area contributed by atoms with Crippen molar-refractivity contribution >= 4 is 23.2 Å². The molecule has 1 N–H and O–H groups in total. The van der Waals surface area contributed by atoms with Crippen LogP contribution in [0.5, 0.6) is 11.5 Å². The second-order valence-corrected chi connectivity index (χ2v) is 6.62. The Hall–Kier alpha value is -2.20. The number of methoxy groups -OCH3 is 1. The summed E-state index contributed by atoms with van der Waals surface area (Å²) in [6.07, 6.45) is 0.374. The molecule has 1 atom stereocenters. The van der Waals surface area contributed by atoms with Crippen molar-refractivity contribution in [1.82, 2.24) is 0 Å². The molecule has 126 valence electrons. The standard InChI is InChI=1S/C19H20ClNO3/c1-4-21-15-9-8-13(20)10-14(15)19(2,18(21)23)11-12-6-5-7-16(24-3)17(12)22/h5-10,22H,4,11H2,1-3H3. The molecule has 3 rings (SSSR count). The largest absolute Gasteiger partial charge is 0.504 e. The van der Waals surface area contributed by atoms with Gasteiger partial charge in [0.15, 0.2) is 11.5 Å². The number of para-hydroxylation sites is 1. The fraction of sp³-hybridized carbons (Fsp3) is 0.316. The summed E-state index contributed by atoms with van der Waals surface area (Å²) in [6, 6.07) is 10.9. The fourth-order valence-corrected chi connectivity index (χ4v) is 3.62. The van der Waals surface area contributed by atoms with Gasteiger partial charge in [-0.3, -0.25) is 4.79 Å². The number of hydrogen-bond acceptors (Lipinski definition) is 3. The first-order valence-corrected chi connectivity index (χ1v) is 8.27. The third-order valence-corrected chi connectivity index (χ3v) is 4.96. The zero-order chi connectivity index (χ0) is 17.5. The summed E-state index contributed by atoms with van der Waals surface area (Å²) in [5, 5.41) is 11.0. The van der Waals surface area contributed by atoms with E-state index in [9.17, 15) is 9.90 Å². The van der Waals surface area contributed by atoms with Crippen molar-refractivity contribution in [1.29, 1.82) is 0 Å². The number of phenolic OH excluding ortho intramolecular Hbond substituents is 1. The SMILES string of the molecule is CCN1C(=O)C(C)(Cc2cccc(OC)c2O)c2cc(Cl)ccc21. The number of phenols is 1. The minimum Gasteiger partial charge on any atom is -0.504 e. The lowest BCUT2D eigenvalue weighted by Gasteiger charge is -2.25. The highest BCUT2D eigenvalue weighted by Crippen LogP contribution is 2.46. The summed E-state index contributed by atoms with van der Waals surface area (Å²) in [7, 11) is 1.51. The Bertz CT molecular complexity index is 805. The lowest BCUT2D eigenvalue weighted by Crippen LogP contribution is -2.39. The van der Waals surface area contributed by atoms with Gasteiger partial charge in [0.05, 0.1) is 12.5 Å². The van der Waals surface area contributed by atoms with E-state index in [1.165, 1.54) is 7.11 Å². The van der Waals surface area contributed by atoms with E-state index in [-0.39, 0.29) is 11.7 Å². The average Bonchev–Trinajstić information content (AvgIpc) is 2.77. The molecule has 1 heterocycles. The number of anilines is 1. The number of carbonyl (C=O) groups excluding carboxylic acids is 1. The Labute approximate surface area is 146 Å². The maximum atomic E-state index is 13.1. The van der Waals surface area contributed by atoms with Crippen LogP contribution in [0.2, 0.25) is 5.02 Å². The Morgan fingerprint density at radius 2 is 2.04 bits per heavy atom. The van der Waals surface area contributed by atoms with Crippen LogP contribution >= 0.6 is 11.6 Å². The number of aromatic hydroxyl groups is 1. The fourth-order valence-electron chi connectivity index (χ4n) is 3.45. The lowest BCUT2D eigenvalue weighted by atomic mass is 9.78. The van der Waals surface area contributed by atoms with Gasteiger partial charge in [-0.15, -0.1) is 0 Å². The third kappa shape index (κ3) is 2.42. The predicted octanol–water partition coefficient (Wildman–Crippen LogP) is 3.92. The van der Waals surface area contributed by atoms with Gasteiger partial charge in [-0.05, 0) is 55.7 Å². The summed E-state index contributed by atoms with van der Waals surface area (Å²) in [5.74, 6) is 0.497. The molecule has 2 aromatic carbocycles. The van der Waals surface area contributed by atoms with Crippen LogP contribution in [-0.2, 0) is 16.6 Å². The summed E-state index contributed by atoms with van der Waals surface area (Å²) >= 11 is 6.17. The van der Waals surface area contributed by atoms with Crippen molar-refractivity contribution in [2.24, 2.45) is 0 Å². The van der Waals surface area contributed by atoms with Crippen molar-refractivity contribution < 1.29 is 14.6 Å². The molecule has 1 unspecified atom stereocenters. The highest BCUT2D eigenvalue weighted by atomic mass is 35.5. The topological polar surface area (TPSA) is 49.8 Å². The van der Waals surface area contributed by atoms with E-state index in [0.29, 0.717) is 29.3 Å². The van der Waals surface area contributed by atoms with Crippen molar-refractivity contribution in [2.45, 2.75) is 25.7 Å². The van der Waals surface area contributed by atoms with Crippen LogP contribution in [0.4, 0.5) is 5.69 Å². The highest BCUT2D eigenvalue weighted by Gasteiger charge is 2.47. The van der Waals surface area contributed by atoms with Gasteiger partial charge in [0.1, 0.15) is 0 Å². The first-order valence-electron chi connectivity index (χ1n) is 7.89. The van der Waals surface area contributed by atoms with Crippen molar-refractivity contribution in [2.75, 3.05) is 18.6 Å². The van der Waals surface area contributed by atoms with Crippen molar-refractivity contribution in [3.05, 3.63) is 52.5 Å². The lowest BCUT2D eigenvalue weighted by molar-refractivity contribution is -0.122. The summed E-state index contributed by atoms with van der Waals surface area (Å²) < 4.78 is 5.17. The number of nitrogens with zero attached hydrogens (tertiary/aromatic N) is 1. The van der Waals surface area contributed by atoms with Crippen LogP contribution < -0.4 is 9.64 Å².